The summed E-state index contributed by atoms with van der Waals surface area (Å²) in [5.74, 6) is -0.852. The van der Waals surface area contributed by atoms with Crippen molar-refractivity contribution in [1.29, 1.82) is 0 Å². The number of piperazine rings is 1. The Balaban J connectivity index is 2.37. The second kappa shape index (κ2) is 5.60. The third-order valence-electron chi connectivity index (χ3n) is 2.88. The Kier molecular flexibility index (Phi) is 3.88. The van der Waals surface area contributed by atoms with Gasteiger partial charge in [-0.1, -0.05) is 6.07 Å². The third kappa shape index (κ3) is 2.56. The van der Waals surface area contributed by atoms with Gasteiger partial charge < -0.3 is 14.4 Å². The Morgan fingerprint density at radius 1 is 1.10 bits per heavy atom. The predicted molar refractivity (Wildman–Crippen MR) is 68.6 cm³/mol. The summed E-state index contributed by atoms with van der Waals surface area (Å²) in [7, 11) is 2.86. The molecule has 1 N–H and O–H groups in total. The fourth-order valence-corrected chi connectivity index (χ4v) is 2.00. The van der Waals surface area contributed by atoms with Gasteiger partial charge in [-0.15, -0.1) is 0 Å². The lowest BCUT2D eigenvalue weighted by molar-refractivity contribution is -0.135. The van der Waals surface area contributed by atoms with Crippen LogP contribution in [0.1, 0.15) is 10.4 Å². The standard InChI is InChI=1S/C13H14N2O5/c1-19-8-4-3-5-9(20-2)12(8)13(18)15-6-10(16)14-11(17)7-15/h3-5H,6-7H2,1-2H3,(H,14,16,17). The molecule has 1 saturated heterocycles. The number of rotatable bonds is 3. The van der Waals surface area contributed by atoms with Crippen molar-refractivity contribution >= 4 is 17.7 Å². The van der Waals surface area contributed by atoms with Crippen LogP contribution < -0.4 is 14.8 Å². The van der Waals surface area contributed by atoms with Crippen LogP contribution in [0.5, 0.6) is 11.5 Å². The number of nitrogens with zero attached hydrogens (tertiary/aromatic N) is 1. The molecule has 0 unspecified atom stereocenters. The van der Waals surface area contributed by atoms with Crippen LogP contribution in [0.4, 0.5) is 0 Å². The van der Waals surface area contributed by atoms with Crippen LogP contribution in [0.15, 0.2) is 18.2 Å². The number of amides is 3. The van der Waals surface area contributed by atoms with E-state index in [1.807, 2.05) is 0 Å². The van der Waals surface area contributed by atoms with E-state index in [4.69, 9.17) is 9.47 Å². The molecule has 1 heterocycles. The Morgan fingerprint density at radius 2 is 1.60 bits per heavy atom. The molecule has 3 amide bonds. The van der Waals surface area contributed by atoms with E-state index in [-0.39, 0.29) is 18.7 Å². The van der Waals surface area contributed by atoms with Gasteiger partial charge in [-0.3, -0.25) is 19.7 Å². The van der Waals surface area contributed by atoms with Crippen molar-refractivity contribution in [3.63, 3.8) is 0 Å². The van der Waals surface area contributed by atoms with E-state index in [0.717, 1.165) is 4.90 Å². The van der Waals surface area contributed by atoms with Crippen LogP contribution in [0.3, 0.4) is 0 Å². The number of nitrogens with one attached hydrogen (secondary N) is 1. The summed E-state index contributed by atoms with van der Waals surface area (Å²) in [5.41, 5.74) is 0.194. The molecule has 0 aromatic heterocycles. The average Bonchev–Trinajstić information content (AvgIpc) is 2.44. The molecule has 1 fully saturated rings. The summed E-state index contributed by atoms with van der Waals surface area (Å²) < 4.78 is 10.3. The highest BCUT2D eigenvalue weighted by Crippen LogP contribution is 2.29. The van der Waals surface area contributed by atoms with Crippen molar-refractivity contribution in [1.82, 2.24) is 10.2 Å². The smallest absolute Gasteiger partial charge is 0.262 e. The van der Waals surface area contributed by atoms with Gasteiger partial charge in [0.1, 0.15) is 30.2 Å². The quantitative estimate of drug-likeness (QED) is 0.774. The van der Waals surface area contributed by atoms with Crippen molar-refractivity contribution in [2.24, 2.45) is 0 Å². The van der Waals surface area contributed by atoms with Crippen LogP contribution in [-0.2, 0) is 9.59 Å². The molecule has 0 atom stereocenters. The van der Waals surface area contributed by atoms with Gasteiger partial charge in [-0.2, -0.15) is 0 Å². The van der Waals surface area contributed by atoms with E-state index >= 15 is 0 Å². The first-order valence-corrected chi connectivity index (χ1v) is 5.89. The fraction of sp³-hybridized carbons (Fsp3) is 0.308. The summed E-state index contributed by atoms with van der Waals surface area (Å²) in [6, 6.07) is 4.91. The van der Waals surface area contributed by atoms with Crippen LogP contribution in [0.25, 0.3) is 0 Å². The lowest BCUT2D eigenvalue weighted by Gasteiger charge is -2.26. The third-order valence-corrected chi connectivity index (χ3v) is 2.88. The van der Waals surface area contributed by atoms with Crippen LogP contribution in [-0.4, -0.2) is 49.9 Å². The largest absolute Gasteiger partial charge is 0.496 e. The summed E-state index contributed by atoms with van der Waals surface area (Å²) in [6.07, 6.45) is 0. The van der Waals surface area contributed by atoms with E-state index in [2.05, 4.69) is 5.32 Å². The number of hydrogen-bond acceptors (Lipinski definition) is 5. The minimum Gasteiger partial charge on any atom is -0.496 e. The number of ether oxygens (including phenoxy) is 2. The normalized spacial score (nSPS) is 14.8. The molecule has 1 aromatic carbocycles. The summed E-state index contributed by atoms with van der Waals surface area (Å²) in [4.78, 5) is 36.3. The Hall–Kier alpha value is -2.57. The van der Waals surface area contributed by atoms with E-state index in [1.165, 1.54) is 14.2 Å². The molecule has 106 valence electrons. The molecule has 1 aliphatic rings. The maximum Gasteiger partial charge on any atom is 0.262 e. The van der Waals surface area contributed by atoms with Gasteiger partial charge >= 0.3 is 0 Å². The topological polar surface area (TPSA) is 84.9 Å². The molecule has 0 radical (unpaired) electrons. The molecule has 20 heavy (non-hydrogen) atoms. The maximum absolute atomic E-state index is 12.5. The highest BCUT2D eigenvalue weighted by molar-refractivity contribution is 6.07. The summed E-state index contributed by atoms with van der Waals surface area (Å²) in [5, 5.41) is 2.14. The fourth-order valence-electron chi connectivity index (χ4n) is 2.00. The van der Waals surface area contributed by atoms with Gasteiger partial charge in [0.25, 0.3) is 5.91 Å². The number of carbonyl (C=O) groups excluding carboxylic acids is 3. The van der Waals surface area contributed by atoms with Gasteiger partial charge in [-0.05, 0) is 12.1 Å². The Labute approximate surface area is 115 Å². The number of imide groups is 1. The summed E-state index contributed by atoms with van der Waals surface area (Å²) >= 11 is 0. The Bertz CT molecular complexity index is 532. The van der Waals surface area contributed by atoms with Gasteiger partial charge in [0.15, 0.2) is 0 Å². The number of hydrogen-bond donors (Lipinski definition) is 1. The zero-order valence-corrected chi connectivity index (χ0v) is 11.1. The molecule has 7 nitrogen and oxygen atoms in total. The minimum atomic E-state index is -0.511. The Morgan fingerprint density at radius 3 is 2.05 bits per heavy atom. The van der Waals surface area contributed by atoms with E-state index < -0.39 is 17.7 Å². The van der Waals surface area contributed by atoms with Crippen molar-refractivity contribution in [2.75, 3.05) is 27.3 Å². The van der Waals surface area contributed by atoms with Crippen LogP contribution in [0, 0.1) is 0 Å². The van der Waals surface area contributed by atoms with E-state index in [9.17, 15) is 14.4 Å². The number of benzene rings is 1. The first-order chi connectivity index (χ1) is 9.56. The van der Waals surface area contributed by atoms with Crippen LogP contribution in [0.2, 0.25) is 0 Å². The van der Waals surface area contributed by atoms with Gasteiger partial charge in [0.2, 0.25) is 11.8 Å². The van der Waals surface area contributed by atoms with Gasteiger partial charge in [0, 0.05) is 0 Å². The lowest BCUT2D eigenvalue weighted by Crippen LogP contribution is -2.53. The molecular formula is C13H14N2O5. The van der Waals surface area contributed by atoms with Crippen molar-refractivity contribution in [3.8, 4) is 11.5 Å². The summed E-state index contributed by atoms with van der Waals surface area (Å²) in [6.45, 7) is -0.350. The molecule has 2 rings (SSSR count). The van der Waals surface area contributed by atoms with Crippen molar-refractivity contribution in [3.05, 3.63) is 23.8 Å². The van der Waals surface area contributed by atoms with Crippen molar-refractivity contribution < 1.29 is 23.9 Å². The second-order valence-electron chi connectivity index (χ2n) is 4.17. The number of methoxy groups -OCH3 is 2. The predicted octanol–water partition coefficient (Wildman–Crippen LogP) is -0.198. The van der Waals surface area contributed by atoms with Crippen LogP contribution >= 0.6 is 0 Å². The lowest BCUT2D eigenvalue weighted by atomic mass is 10.1. The molecule has 7 heteroatoms. The average molecular weight is 278 g/mol. The monoisotopic (exact) mass is 278 g/mol. The first-order valence-electron chi connectivity index (χ1n) is 5.89. The molecule has 1 aliphatic heterocycles. The zero-order valence-electron chi connectivity index (χ0n) is 11.1. The molecule has 0 spiro atoms. The molecule has 1 aromatic rings. The zero-order chi connectivity index (χ0) is 14.7. The molecular weight excluding hydrogens is 264 g/mol. The van der Waals surface area contributed by atoms with E-state index in [1.54, 1.807) is 18.2 Å². The first kappa shape index (κ1) is 13.9. The van der Waals surface area contributed by atoms with Crippen molar-refractivity contribution in [2.45, 2.75) is 0 Å². The van der Waals surface area contributed by atoms with E-state index in [0.29, 0.717) is 11.5 Å². The highest BCUT2D eigenvalue weighted by Gasteiger charge is 2.30. The van der Waals surface area contributed by atoms with Gasteiger partial charge in [-0.25, -0.2) is 0 Å². The second-order valence-corrected chi connectivity index (χ2v) is 4.17. The maximum atomic E-state index is 12.5. The number of carbonyl (C=O) groups is 3. The molecule has 0 aliphatic carbocycles. The van der Waals surface area contributed by atoms with Gasteiger partial charge in [0.05, 0.1) is 14.2 Å². The minimum absolute atomic E-state index is 0.175. The highest BCUT2D eigenvalue weighted by atomic mass is 16.5. The molecule has 0 bridgehead atoms. The SMILES string of the molecule is COc1cccc(OC)c1C(=O)N1CC(=O)NC(=O)C1. The molecule has 0 saturated carbocycles.